The lowest BCUT2D eigenvalue weighted by Crippen LogP contribution is -2.44. The number of nitrogens with one attached hydrogen (secondary N) is 1. The van der Waals surface area contributed by atoms with E-state index in [1.165, 1.54) is 49.9 Å². The quantitative estimate of drug-likeness (QED) is 0.181. The van der Waals surface area contributed by atoms with Gasteiger partial charge in [-0.15, -0.1) is 13.2 Å². The number of rotatable bonds is 11. The number of anilines is 1. The topological polar surface area (TPSA) is 62.6 Å². The van der Waals surface area contributed by atoms with Gasteiger partial charge in [0.15, 0.2) is 0 Å². The van der Waals surface area contributed by atoms with Crippen molar-refractivity contribution in [3.63, 3.8) is 0 Å². The molecule has 1 unspecified atom stereocenters. The molecule has 1 aliphatic carbocycles. The average Bonchev–Trinajstić information content (AvgIpc) is 3.41. The Hall–Kier alpha value is -3.89. The maximum atomic E-state index is 12.8. The van der Waals surface area contributed by atoms with Gasteiger partial charge in [0.25, 0.3) is 0 Å². The minimum Gasteiger partial charge on any atom is -0.406 e. The number of nitrogens with zero attached hydrogens (tertiary/aromatic N) is 4. The van der Waals surface area contributed by atoms with Gasteiger partial charge in [-0.2, -0.15) is 0 Å². The molecule has 1 aliphatic heterocycles. The van der Waals surface area contributed by atoms with E-state index in [1.54, 1.807) is 19.1 Å². The number of halogens is 3. The zero-order chi connectivity index (χ0) is 33.0. The van der Waals surface area contributed by atoms with Gasteiger partial charge in [0.05, 0.1) is 11.0 Å². The van der Waals surface area contributed by atoms with Crippen molar-refractivity contribution in [2.45, 2.75) is 64.4 Å². The summed E-state index contributed by atoms with van der Waals surface area (Å²) >= 11 is 0. The fourth-order valence-electron chi connectivity index (χ4n) is 6.90. The third-order valence-corrected chi connectivity index (χ3v) is 9.54. The van der Waals surface area contributed by atoms with E-state index in [0.29, 0.717) is 18.9 Å². The zero-order valence-electron chi connectivity index (χ0n) is 27.2. The molecule has 47 heavy (non-hydrogen) atoms. The molecule has 1 saturated carbocycles. The SMILES string of the molecule is CC(=O)CC(NCC1CCCCC1)c1ccc2c(c1)nc(-c1ccc(N3CCN(C)CC3)cc1)n2Cc1ccc(OC(F)(F)F)cc1. The normalized spacial score (nSPS) is 17.3. The summed E-state index contributed by atoms with van der Waals surface area (Å²) in [6, 6.07) is 20.6. The summed E-state index contributed by atoms with van der Waals surface area (Å²) in [6.07, 6.45) is 1.96. The number of imidazole rings is 1. The summed E-state index contributed by atoms with van der Waals surface area (Å²) in [7, 11) is 2.14. The van der Waals surface area contributed by atoms with E-state index in [9.17, 15) is 18.0 Å². The van der Waals surface area contributed by atoms with Gasteiger partial charge in [-0.25, -0.2) is 4.98 Å². The van der Waals surface area contributed by atoms with Crippen molar-refractivity contribution in [3.8, 4) is 17.1 Å². The highest BCUT2D eigenvalue weighted by Crippen LogP contribution is 2.32. The van der Waals surface area contributed by atoms with Crippen molar-refractivity contribution in [3.05, 3.63) is 77.9 Å². The molecule has 1 aromatic heterocycles. The van der Waals surface area contributed by atoms with Crippen molar-refractivity contribution >= 4 is 22.5 Å². The molecule has 0 spiro atoms. The molecule has 250 valence electrons. The molecule has 10 heteroatoms. The molecule has 1 N–H and O–H groups in total. The smallest absolute Gasteiger partial charge is 0.406 e. The Balaban J connectivity index is 1.32. The summed E-state index contributed by atoms with van der Waals surface area (Å²) in [5.41, 5.74) is 5.69. The van der Waals surface area contributed by atoms with Crippen LogP contribution in [0.3, 0.4) is 0 Å². The van der Waals surface area contributed by atoms with Crippen molar-refractivity contribution in [2.75, 3.05) is 44.7 Å². The van der Waals surface area contributed by atoms with E-state index in [1.807, 2.05) is 0 Å². The Labute approximate surface area is 274 Å². The number of aromatic nitrogens is 2. The Bertz CT molecular complexity index is 1640. The fraction of sp³-hybridized carbons (Fsp3) is 0.459. The van der Waals surface area contributed by atoms with Crippen molar-refractivity contribution < 1.29 is 22.7 Å². The number of alkyl halides is 3. The first-order chi connectivity index (χ1) is 22.6. The van der Waals surface area contributed by atoms with Crippen LogP contribution in [-0.4, -0.2) is 66.4 Å². The highest BCUT2D eigenvalue weighted by atomic mass is 19.4. The Morgan fingerprint density at radius 2 is 1.66 bits per heavy atom. The highest BCUT2D eigenvalue weighted by Gasteiger charge is 2.31. The van der Waals surface area contributed by atoms with E-state index in [2.05, 4.69) is 73.9 Å². The van der Waals surface area contributed by atoms with Gasteiger partial charge in [0.2, 0.25) is 0 Å². The van der Waals surface area contributed by atoms with Crippen LogP contribution < -0.4 is 15.0 Å². The number of ether oxygens (including phenoxy) is 1. The van der Waals surface area contributed by atoms with Crippen LogP contribution in [0, 0.1) is 5.92 Å². The number of carbonyl (C=O) groups is 1. The van der Waals surface area contributed by atoms with Crippen LogP contribution in [0.5, 0.6) is 5.75 Å². The summed E-state index contributed by atoms with van der Waals surface area (Å²) < 4.78 is 44.5. The molecule has 0 amide bonds. The Kier molecular flexibility index (Phi) is 10.2. The van der Waals surface area contributed by atoms with E-state index < -0.39 is 6.36 Å². The maximum Gasteiger partial charge on any atom is 0.573 e. The minimum atomic E-state index is -4.74. The van der Waals surface area contributed by atoms with Crippen LogP contribution in [0.15, 0.2) is 66.7 Å². The summed E-state index contributed by atoms with van der Waals surface area (Å²) in [4.78, 5) is 22.2. The molecule has 2 aliphatic rings. The van der Waals surface area contributed by atoms with Crippen LogP contribution in [0.4, 0.5) is 18.9 Å². The lowest BCUT2D eigenvalue weighted by atomic mass is 9.89. The molecular weight excluding hydrogens is 603 g/mol. The number of carbonyl (C=O) groups excluding carboxylic acids is 1. The second-order valence-corrected chi connectivity index (χ2v) is 13.2. The second kappa shape index (κ2) is 14.5. The first-order valence-corrected chi connectivity index (χ1v) is 16.7. The van der Waals surface area contributed by atoms with E-state index in [0.717, 1.165) is 66.3 Å². The maximum absolute atomic E-state index is 12.8. The highest BCUT2D eigenvalue weighted by molar-refractivity contribution is 5.82. The van der Waals surface area contributed by atoms with Gasteiger partial charge in [-0.05, 0) is 98.9 Å². The van der Waals surface area contributed by atoms with E-state index >= 15 is 0 Å². The molecule has 7 nitrogen and oxygen atoms in total. The number of piperazine rings is 1. The molecule has 0 bridgehead atoms. The zero-order valence-corrected chi connectivity index (χ0v) is 27.2. The van der Waals surface area contributed by atoms with Crippen LogP contribution in [0.2, 0.25) is 0 Å². The molecule has 4 aromatic rings. The molecule has 3 aromatic carbocycles. The van der Waals surface area contributed by atoms with Gasteiger partial charge < -0.3 is 24.4 Å². The second-order valence-electron chi connectivity index (χ2n) is 13.2. The third kappa shape index (κ3) is 8.53. The van der Waals surface area contributed by atoms with Gasteiger partial charge in [0, 0.05) is 56.4 Å². The molecule has 1 atom stereocenters. The van der Waals surface area contributed by atoms with Gasteiger partial charge in [-0.1, -0.05) is 37.5 Å². The number of hydrogen-bond donors (Lipinski definition) is 1. The first-order valence-electron chi connectivity index (χ1n) is 16.7. The molecule has 1 saturated heterocycles. The van der Waals surface area contributed by atoms with Crippen LogP contribution in [0.25, 0.3) is 22.4 Å². The lowest BCUT2D eigenvalue weighted by Gasteiger charge is -2.34. The van der Waals surface area contributed by atoms with Crippen LogP contribution in [-0.2, 0) is 11.3 Å². The summed E-state index contributed by atoms with van der Waals surface area (Å²) in [6.45, 7) is 6.93. The Morgan fingerprint density at radius 3 is 2.32 bits per heavy atom. The third-order valence-electron chi connectivity index (χ3n) is 9.54. The van der Waals surface area contributed by atoms with Crippen molar-refractivity contribution in [2.24, 2.45) is 5.92 Å². The van der Waals surface area contributed by atoms with Gasteiger partial charge >= 0.3 is 6.36 Å². The Morgan fingerprint density at radius 1 is 0.957 bits per heavy atom. The largest absolute Gasteiger partial charge is 0.573 e. The standard InChI is InChI=1S/C37H44F3N5O2/c1-26(46)22-33(41-24-27-6-4-3-5-7-27)30-12-17-35-34(23-30)42-36(29-10-13-31(14-11-29)44-20-18-43(2)19-21-44)45(35)25-28-8-15-32(16-9-28)47-37(38,39)40/h8-17,23,27,33,41H,3-7,18-22,24-25H2,1-2H3. The molecule has 6 rings (SSSR count). The summed E-state index contributed by atoms with van der Waals surface area (Å²) in [5, 5.41) is 3.70. The van der Waals surface area contributed by atoms with Crippen LogP contribution in [0.1, 0.15) is 62.6 Å². The predicted octanol–water partition coefficient (Wildman–Crippen LogP) is 7.59. The predicted molar refractivity (Wildman–Crippen MR) is 180 cm³/mol. The average molecular weight is 648 g/mol. The van der Waals surface area contributed by atoms with E-state index in [-0.39, 0.29) is 17.6 Å². The monoisotopic (exact) mass is 647 g/mol. The molecule has 0 radical (unpaired) electrons. The molecule has 2 fully saturated rings. The van der Waals surface area contributed by atoms with Crippen molar-refractivity contribution in [1.82, 2.24) is 19.8 Å². The molecule has 2 heterocycles. The van der Waals surface area contributed by atoms with Crippen LogP contribution >= 0.6 is 0 Å². The first kappa shape index (κ1) is 33.0. The molecular formula is C37H44F3N5O2. The number of fused-ring (bicyclic) bond motifs is 1. The number of ketones is 1. The number of benzene rings is 3. The van der Waals surface area contributed by atoms with Crippen molar-refractivity contribution in [1.29, 1.82) is 0 Å². The number of likely N-dealkylation sites (N-methyl/N-ethyl adjacent to an activating group) is 1. The van der Waals surface area contributed by atoms with E-state index in [4.69, 9.17) is 4.98 Å². The lowest BCUT2D eigenvalue weighted by molar-refractivity contribution is -0.274. The number of Topliss-reactive ketones (excluding diaryl/α,β-unsaturated/α-hetero) is 1. The number of hydrogen-bond acceptors (Lipinski definition) is 6. The summed E-state index contributed by atoms with van der Waals surface area (Å²) in [5.74, 6) is 1.29. The minimum absolute atomic E-state index is 0.100. The van der Waals surface area contributed by atoms with Gasteiger partial charge in [-0.3, -0.25) is 4.79 Å². The fourth-order valence-corrected chi connectivity index (χ4v) is 6.90. The van der Waals surface area contributed by atoms with Gasteiger partial charge in [0.1, 0.15) is 17.4 Å².